The number of benzene rings is 1. The van der Waals surface area contributed by atoms with Gasteiger partial charge in [0.05, 0.1) is 15.9 Å². The van der Waals surface area contributed by atoms with E-state index in [4.69, 9.17) is 34.8 Å². The zero-order valence-corrected chi connectivity index (χ0v) is 10.2. The van der Waals surface area contributed by atoms with Crippen LogP contribution < -0.4 is 5.32 Å². The van der Waals surface area contributed by atoms with E-state index in [9.17, 15) is 0 Å². The number of nitrogens with one attached hydrogen (secondary N) is 1. The molecule has 82 valence electrons. The van der Waals surface area contributed by atoms with Crippen LogP contribution in [0.15, 0.2) is 23.4 Å². The molecule has 0 saturated carbocycles. The molecule has 0 aliphatic rings. The highest BCUT2D eigenvalue weighted by Gasteiger charge is 2.02. The average Bonchev–Trinajstić information content (AvgIpc) is 2.23. The molecule has 1 N–H and O–H groups in total. The predicted octanol–water partition coefficient (Wildman–Crippen LogP) is 3.60. The molecule has 15 heavy (non-hydrogen) atoms. The minimum atomic E-state index is 0.216. The quantitative estimate of drug-likeness (QED) is 0.393. The zero-order valence-electron chi connectivity index (χ0n) is 7.93. The molecule has 0 spiro atoms. The Morgan fingerprint density at radius 3 is 2.67 bits per heavy atom. The first-order valence-electron chi connectivity index (χ1n) is 4.05. The Hall–Kier alpha value is -0.640. The molecule has 1 rings (SSSR count). The monoisotopic (exact) mass is 266 g/mol. The van der Waals surface area contributed by atoms with E-state index < -0.39 is 0 Å². The Morgan fingerprint density at radius 2 is 2.13 bits per heavy atom. The van der Waals surface area contributed by atoms with E-state index >= 15 is 0 Å². The highest BCUT2D eigenvalue weighted by atomic mass is 35.5. The van der Waals surface area contributed by atoms with Gasteiger partial charge in [0.25, 0.3) is 0 Å². The summed E-state index contributed by atoms with van der Waals surface area (Å²) in [4.78, 5) is 4.60. The molecule has 0 aliphatic heterocycles. The van der Waals surface area contributed by atoms with Crippen LogP contribution in [0, 0.1) is 0 Å². The van der Waals surface area contributed by atoms with E-state index in [1.165, 1.54) is 7.11 Å². The number of oxime groups is 1. The van der Waals surface area contributed by atoms with Crippen molar-refractivity contribution in [3.8, 4) is 0 Å². The van der Waals surface area contributed by atoms with Crippen molar-refractivity contribution in [3.63, 3.8) is 0 Å². The second-order valence-corrected chi connectivity index (χ2v) is 3.69. The summed E-state index contributed by atoms with van der Waals surface area (Å²) in [7, 11) is 1.45. The van der Waals surface area contributed by atoms with Crippen LogP contribution in [0.4, 0.5) is 5.69 Å². The van der Waals surface area contributed by atoms with Crippen molar-refractivity contribution < 1.29 is 4.84 Å². The Kier molecular flexibility index (Phi) is 5.02. The third kappa shape index (κ3) is 3.78. The molecule has 0 aromatic heterocycles. The van der Waals surface area contributed by atoms with Crippen molar-refractivity contribution in [2.75, 3.05) is 18.3 Å². The molecule has 1 aromatic rings. The van der Waals surface area contributed by atoms with E-state index in [0.717, 1.165) is 5.69 Å². The van der Waals surface area contributed by atoms with Crippen LogP contribution in [0.3, 0.4) is 0 Å². The second-order valence-electron chi connectivity index (χ2n) is 2.61. The molecule has 0 bridgehead atoms. The van der Waals surface area contributed by atoms with Crippen LogP contribution >= 0.6 is 34.8 Å². The second kappa shape index (κ2) is 6.05. The Labute approximate surface area is 103 Å². The van der Waals surface area contributed by atoms with Crippen molar-refractivity contribution in [2.45, 2.75) is 0 Å². The lowest BCUT2D eigenvalue weighted by molar-refractivity contribution is 0.213. The molecule has 0 heterocycles. The topological polar surface area (TPSA) is 33.6 Å². The van der Waals surface area contributed by atoms with Gasteiger partial charge in [-0.05, 0) is 18.2 Å². The van der Waals surface area contributed by atoms with Crippen LogP contribution in [0.5, 0.6) is 0 Å². The molecule has 0 fully saturated rings. The summed E-state index contributed by atoms with van der Waals surface area (Å²) >= 11 is 17.2. The maximum absolute atomic E-state index is 5.84. The van der Waals surface area contributed by atoms with E-state index in [1.807, 2.05) is 0 Å². The fourth-order valence-corrected chi connectivity index (χ4v) is 1.35. The first kappa shape index (κ1) is 12.4. The molecule has 1 aromatic carbocycles. The number of rotatable bonds is 3. The third-order valence-corrected chi connectivity index (χ3v) is 2.53. The SMILES string of the molecule is CO/N=C(\CCl)Nc1ccc(Cl)c(Cl)c1. The Balaban J connectivity index is 2.80. The van der Waals surface area contributed by atoms with E-state index in [2.05, 4.69) is 15.3 Å². The summed E-state index contributed by atoms with van der Waals surface area (Å²) < 4.78 is 0. The Morgan fingerprint density at radius 1 is 1.40 bits per heavy atom. The van der Waals surface area contributed by atoms with Crippen LogP contribution in [0.2, 0.25) is 10.0 Å². The number of nitrogens with zero attached hydrogens (tertiary/aromatic N) is 1. The smallest absolute Gasteiger partial charge is 0.161 e. The molecule has 3 nitrogen and oxygen atoms in total. The highest BCUT2D eigenvalue weighted by molar-refractivity contribution is 6.42. The number of alkyl halides is 1. The van der Waals surface area contributed by atoms with E-state index in [-0.39, 0.29) is 5.88 Å². The lowest BCUT2D eigenvalue weighted by atomic mass is 10.3. The van der Waals surface area contributed by atoms with Gasteiger partial charge in [0.15, 0.2) is 5.84 Å². The lowest BCUT2D eigenvalue weighted by Crippen LogP contribution is -2.13. The van der Waals surface area contributed by atoms with Crippen molar-refractivity contribution in [2.24, 2.45) is 5.16 Å². The van der Waals surface area contributed by atoms with Crippen molar-refractivity contribution >= 4 is 46.3 Å². The normalized spacial score (nSPS) is 11.3. The summed E-state index contributed by atoms with van der Waals surface area (Å²) in [6, 6.07) is 5.14. The molecular weight excluding hydrogens is 258 g/mol. The Bertz CT molecular complexity index is 368. The van der Waals surface area contributed by atoms with Gasteiger partial charge >= 0.3 is 0 Å². The van der Waals surface area contributed by atoms with Crippen molar-refractivity contribution in [3.05, 3.63) is 28.2 Å². The van der Waals surface area contributed by atoms with Gasteiger partial charge in [-0.1, -0.05) is 28.4 Å². The molecular formula is C9H9Cl3N2O. The van der Waals surface area contributed by atoms with Gasteiger partial charge in [0, 0.05) is 5.69 Å². The number of hydrogen-bond acceptors (Lipinski definition) is 2. The van der Waals surface area contributed by atoms with Gasteiger partial charge in [0.2, 0.25) is 0 Å². The lowest BCUT2D eigenvalue weighted by Gasteiger charge is -2.07. The summed E-state index contributed by atoms with van der Waals surface area (Å²) in [6.07, 6.45) is 0. The van der Waals surface area contributed by atoms with Crippen molar-refractivity contribution in [1.29, 1.82) is 0 Å². The van der Waals surface area contributed by atoms with Gasteiger partial charge in [-0.3, -0.25) is 0 Å². The summed E-state index contributed by atoms with van der Waals surface area (Å²) in [6.45, 7) is 0. The summed E-state index contributed by atoms with van der Waals surface area (Å²) in [5, 5.41) is 7.60. The van der Waals surface area contributed by atoms with Gasteiger partial charge < -0.3 is 10.2 Å². The van der Waals surface area contributed by atoms with Crippen LogP contribution in [0.25, 0.3) is 0 Å². The van der Waals surface area contributed by atoms with Crippen LogP contribution in [-0.4, -0.2) is 18.8 Å². The molecule has 0 saturated heterocycles. The van der Waals surface area contributed by atoms with Crippen LogP contribution in [-0.2, 0) is 4.84 Å². The predicted molar refractivity (Wildman–Crippen MR) is 65.2 cm³/mol. The van der Waals surface area contributed by atoms with Gasteiger partial charge in [-0.2, -0.15) is 0 Å². The highest BCUT2D eigenvalue weighted by Crippen LogP contribution is 2.24. The van der Waals surface area contributed by atoms with Gasteiger partial charge in [-0.15, -0.1) is 11.6 Å². The van der Waals surface area contributed by atoms with Crippen molar-refractivity contribution in [1.82, 2.24) is 0 Å². The largest absolute Gasteiger partial charge is 0.398 e. The first-order chi connectivity index (χ1) is 7.17. The number of hydrogen-bond donors (Lipinski definition) is 1. The third-order valence-electron chi connectivity index (χ3n) is 1.54. The molecule has 0 atom stereocenters. The van der Waals surface area contributed by atoms with Gasteiger partial charge in [0.1, 0.15) is 7.11 Å². The zero-order chi connectivity index (χ0) is 11.3. The standard InChI is InChI=1S/C9H9Cl3N2O/c1-15-14-9(5-10)13-6-2-3-7(11)8(12)4-6/h2-4H,5H2,1H3,(H,13,14). The molecule has 0 unspecified atom stereocenters. The number of amidine groups is 1. The first-order valence-corrected chi connectivity index (χ1v) is 5.34. The minimum Gasteiger partial charge on any atom is -0.398 e. The average molecular weight is 268 g/mol. The fourth-order valence-electron chi connectivity index (χ4n) is 0.931. The number of halogens is 3. The molecule has 6 heteroatoms. The summed E-state index contributed by atoms with van der Waals surface area (Å²) in [5.74, 6) is 0.714. The molecule has 0 amide bonds. The summed E-state index contributed by atoms with van der Waals surface area (Å²) in [5.41, 5.74) is 0.751. The maximum Gasteiger partial charge on any atom is 0.161 e. The molecule has 0 aliphatic carbocycles. The molecule has 0 radical (unpaired) electrons. The van der Waals surface area contributed by atoms with Crippen LogP contribution in [0.1, 0.15) is 0 Å². The van der Waals surface area contributed by atoms with E-state index in [0.29, 0.717) is 15.9 Å². The minimum absolute atomic E-state index is 0.216. The number of anilines is 1. The maximum atomic E-state index is 5.84. The van der Waals surface area contributed by atoms with E-state index in [1.54, 1.807) is 18.2 Å². The van der Waals surface area contributed by atoms with Gasteiger partial charge in [-0.25, -0.2) is 0 Å². The fraction of sp³-hybridized carbons (Fsp3) is 0.222.